The molecule has 0 aliphatic heterocycles. The van der Waals surface area contributed by atoms with Gasteiger partial charge in [0, 0.05) is 6.54 Å². The fourth-order valence-corrected chi connectivity index (χ4v) is 1.66. The Morgan fingerprint density at radius 2 is 2.11 bits per heavy atom. The number of carbonyl (C=O) groups is 1. The third-order valence-corrected chi connectivity index (χ3v) is 2.72. The molecule has 1 aromatic carbocycles. The van der Waals surface area contributed by atoms with E-state index in [1.807, 2.05) is 32.9 Å². The van der Waals surface area contributed by atoms with Gasteiger partial charge in [-0.1, -0.05) is 17.7 Å². The summed E-state index contributed by atoms with van der Waals surface area (Å²) in [5.41, 5.74) is 6.94. The molecule has 4 nitrogen and oxygen atoms in total. The average molecular weight is 285 g/mol. The number of aryl methyl sites for hydroxylation is 1. The van der Waals surface area contributed by atoms with Crippen LogP contribution in [0.15, 0.2) is 18.2 Å². The third kappa shape index (κ3) is 6.34. The molecule has 0 saturated heterocycles. The lowest BCUT2D eigenvalue weighted by Gasteiger charge is -2.19. The Labute approximate surface area is 119 Å². The van der Waals surface area contributed by atoms with Crippen molar-refractivity contribution in [1.82, 2.24) is 5.32 Å². The number of ether oxygens (including phenoxy) is 1. The van der Waals surface area contributed by atoms with Gasteiger partial charge in [0.05, 0.1) is 10.7 Å². The number of amides is 1. The van der Waals surface area contributed by atoms with Crippen LogP contribution in [0.4, 0.5) is 10.5 Å². The molecule has 0 heterocycles. The first-order chi connectivity index (χ1) is 8.78. The Morgan fingerprint density at radius 1 is 1.42 bits per heavy atom. The molecule has 1 aromatic rings. The number of carbonyl (C=O) groups excluding carboxylic acids is 1. The van der Waals surface area contributed by atoms with E-state index in [1.165, 1.54) is 0 Å². The van der Waals surface area contributed by atoms with Crippen molar-refractivity contribution in [1.29, 1.82) is 0 Å². The smallest absolute Gasteiger partial charge is 0.407 e. The number of alkyl carbamates (subject to hydrolysis) is 1. The van der Waals surface area contributed by atoms with Crippen molar-refractivity contribution >= 4 is 23.4 Å². The number of hydrogen-bond acceptors (Lipinski definition) is 3. The molecule has 0 unspecified atom stereocenters. The van der Waals surface area contributed by atoms with Crippen LogP contribution in [0.2, 0.25) is 5.02 Å². The van der Waals surface area contributed by atoms with Crippen LogP contribution in [-0.2, 0) is 11.2 Å². The molecule has 0 atom stereocenters. The first-order valence-electron chi connectivity index (χ1n) is 6.29. The maximum atomic E-state index is 11.4. The SMILES string of the molecule is CC(C)(C)OC(=O)NCCCc1ccc(Cl)c(N)c1. The summed E-state index contributed by atoms with van der Waals surface area (Å²) in [4.78, 5) is 11.4. The highest BCUT2D eigenvalue weighted by Crippen LogP contribution is 2.20. The lowest BCUT2D eigenvalue weighted by molar-refractivity contribution is 0.0527. The van der Waals surface area contributed by atoms with Crippen molar-refractivity contribution in [2.45, 2.75) is 39.2 Å². The minimum absolute atomic E-state index is 0.386. The average Bonchev–Trinajstić information content (AvgIpc) is 2.27. The fourth-order valence-electron chi connectivity index (χ4n) is 1.55. The zero-order chi connectivity index (χ0) is 14.5. The van der Waals surface area contributed by atoms with Gasteiger partial charge >= 0.3 is 6.09 Å². The zero-order valence-corrected chi connectivity index (χ0v) is 12.4. The Bertz CT molecular complexity index is 442. The lowest BCUT2D eigenvalue weighted by Crippen LogP contribution is -2.33. The van der Waals surface area contributed by atoms with E-state index in [1.54, 1.807) is 6.07 Å². The Kier molecular flexibility index (Phi) is 5.48. The number of benzene rings is 1. The van der Waals surface area contributed by atoms with E-state index in [9.17, 15) is 4.79 Å². The quantitative estimate of drug-likeness (QED) is 0.658. The maximum Gasteiger partial charge on any atom is 0.407 e. The Morgan fingerprint density at radius 3 is 2.68 bits per heavy atom. The van der Waals surface area contributed by atoms with Crippen molar-refractivity contribution < 1.29 is 9.53 Å². The molecule has 0 aliphatic rings. The zero-order valence-electron chi connectivity index (χ0n) is 11.6. The van der Waals surface area contributed by atoms with E-state index < -0.39 is 5.60 Å². The standard InChI is InChI=1S/C14H21ClN2O2/c1-14(2,3)19-13(18)17-8-4-5-10-6-7-11(15)12(16)9-10/h6-7,9H,4-5,8,16H2,1-3H3,(H,17,18). The van der Waals surface area contributed by atoms with Crippen LogP contribution in [0.25, 0.3) is 0 Å². The van der Waals surface area contributed by atoms with Gasteiger partial charge in [-0.3, -0.25) is 0 Å². The minimum atomic E-state index is -0.464. The molecule has 0 aromatic heterocycles. The topological polar surface area (TPSA) is 64.3 Å². The molecule has 19 heavy (non-hydrogen) atoms. The third-order valence-electron chi connectivity index (χ3n) is 2.37. The molecule has 0 saturated carbocycles. The van der Waals surface area contributed by atoms with Gasteiger partial charge in [-0.25, -0.2) is 4.79 Å². The normalized spacial score (nSPS) is 11.2. The van der Waals surface area contributed by atoms with Crippen LogP contribution in [-0.4, -0.2) is 18.2 Å². The summed E-state index contributed by atoms with van der Waals surface area (Å²) in [5, 5.41) is 3.28. The molecule has 0 spiro atoms. The van der Waals surface area contributed by atoms with Gasteiger partial charge in [0.15, 0.2) is 0 Å². The number of nitrogen functional groups attached to an aromatic ring is 1. The highest BCUT2D eigenvalue weighted by Gasteiger charge is 2.15. The van der Waals surface area contributed by atoms with Crippen LogP contribution < -0.4 is 11.1 Å². The first kappa shape index (κ1) is 15.6. The maximum absolute atomic E-state index is 11.4. The predicted octanol–water partition coefficient (Wildman–Crippen LogP) is 3.38. The number of nitrogens with one attached hydrogen (secondary N) is 1. The minimum Gasteiger partial charge on any atom is -0.444 e. The monoisotopic (exact) mass is 284 g/mol. The number of hydrogen-bond donors (Lipinski definition) is 2. The summed E-state index contributed by atoms with van der Waals surface area (Å²) >= 11 is 5.85. The largest absolute Gasteiger partial charge is 0.444 e. The van der Waals surface area contributed by atoms with E-state index in [0.29, 0.717) is 17.3 Å². The summed E-state index contributed by atoms with van der Waals surface area (Å²) in [6.45, 7) is 6.08. The van der Waals surface area contributed by atoms with Crippen molar-refractivity contribution in [2.24, 2.45) is 0 Å². The van der Waals surface area contributed by atoms with Gasteiger partial charge in [0.25, 0.3) is 0 Å². The first-order valence-corrected chi connectivity index (χ1v) is 6.66. The molecule has 0 aliphatic carbocycles. The van der Waals surface area contributed by atoms with Crippen LogP contribution in [0.1, 0.15) is 32.8 Å². The molecule has 1 amide bonds. The number of rotatable bonds is 4. The molecule has 0 radical (unpaired) electrons. The second-order valence-electron chi connectivity index (χ2n) is 5.39. The van der Waals surface area contributed by atoms with Crippen molar-refractivity contribution in [3.8, 4) is 0 Å². The van der Waals surface area contributed by atoms with Crippen molar-refractivity contribution in [3.63, 3.8) is 0 Å². The van der Waals surface area contributed by atoms with E-state index >= 15 is 0 Å². The second-order valence-corrected chi connectivity index (χ2v) is 5.80. The van der Waals surface area contributed by atoms with Gasteiger partial charge in [0.1, 0.15) is 5.60 Å². The van der Waals surface area contributed by atoms with Crippen molar-refractivity contribution in [2.75, 3.05) is 12.3 Å². The molecule has 1 rings (SSSR count). The lowest BCUT2D eigenvalue weighted by atomic mass is 10.1. The molecular weight excluding hydrogens is 264 g/mol. The van der Waals surface area contributed by atoms with Gasteiger partial charge in [-0.15, -0.1) is 0 Å². The van der Waals surface area contributed by atoms with Gasteiger partial charge < -0.3 is 15.8 Å². The predicted molar refractivity (Wildman–Crippen MR) is 78.4 cm³/mol. The summed E-state index contributed by atoms with van der Waals surface area (Å²) in [6, 6.07) is 5.58. The highest BCUT2D eigenvalue weighted by atomic mass is 35.5. The summed E-state index contributed by atoms with van der Waals surface area (Å²) in [7, 11) is 0. The highest BCUT2D eigenvalue weighted by molar-refractivity contribution is 6.33. The number of anilines is 1. The van der Waals surface area contributed by atoms with Crippen LogP contribution in [0, 0.1) is 0 Å². The van der Waals surface area contributed by atoms with Crippen molar-refractivity contribution in [3.05, 3.63) is 28.8 Å². The molecular formula is C14H21ClN2O2. The number of halogens is 1. The van der Waals surface area contributed by atoms with E-state index in [4.69, 9.17) is 22.1 Å². The second kappa shape index (κ2) is 6.66. The van der Waals surface area contributed by atoms with E-state index in [-0.39, 0.29) is 6.09 Å². The molecule has 0 fully saturated rings. The van der Waals surface area contributed by atoms with Crippen LogP contribution in [0.5, 0.6) is 0 Å². The van der Waals surface area contributed by atoms with Gasteiger partial charge in [-0.05, 0) is 51.3 Å². The van der Waals surface area contributed by atoms with Crippen LogP contribution >= 0.6 is 11.6 Å². The molecule has 5 heteroatoms. The van der Waals surface area contributed by atoms with Crippen LogP contribution in [0.3, 0.4) is 0 Å². The molecule has 0 bridgehead atoms. The summed E-state index contributed by atoms with van der Waals surface area (Å²) in [6.07, 6.45) is 1.26. The summed E-state index contributed by atoms with van der Waals surface area (Å²) in [5.74, 6) is 0. The number of nitrogens with two attached hydrogens (primary N) is 1. The molecule has 3 N–H and O–H groups in total. The van der Waals surface area contributed by atoms with E-state index in [2.05, 4.69) is 5.32 Å². The Balaban J connectivity index is 2.27. The van der Waals surface area contributed by atoms with Gasteiger partial charge in [0.2, 0.25) is 0 Å². The molecule has 106 valence electrons. The summed E-state index contributed by atoms with van der Waals surface area (Å²) < 4.78 is 5.14. The van der Waals surface area contributed by atoms with E-state index in [0.717, 1.165) is 18.4 Å². The Hall–Kier alpha value is -1.42. The van der Waals surface area contributed by atoms with Gasteiger partial charge in [-0.2, -0.15) is 0 Å². The fraction of sp³-hybridized carbons (Fsp3) is 0.500.